The zero-order valence-electron chi connectivity index (χ0n) is 23.2. The largest absolute Gasteiger partial charge is 1.00 e. The van der Waals surface area contributed by atoms with Crippen LogP contribution in [0.3, 0.4) is 0 Å². The molecule has 0 rings (SSSR count). The van der Waals surface area contributed by atoms with E-state index in [1.807, 2.05) is 0 Å². The van der Waals surface area contributed by atoms with Gasteiger partial charge in [-0.25, -0.2) is 0 Å². The normalized spacial score (nSPS) is 11.4. The van der Waals surface area contributed by atoms with Gasteiger partial charge in [0.05, 0.1) is 0 Å². The van der Waals surface area contributed by atoms with E-state index in [0.717, 1.165) is 0 Å². The second-order valence-corrected chi connectivity index (χ2v) is 26.5. The third-order valence-corrected chi connectivity index (χ3v) is 0. The Balaban J connectivity index is -0.0000000340. The maximum absolute atomic E-state index is 9.11. The topological polar surface area (TPSA) is 575 Å². The molecule has 20 N–H and O–H groups in total. The molecule has 0 aromatic rings. The predicted octanol–water partition coefficient (Wildman–Crippen LogP) is -6.10. The summed E-state index contributed by atoms with van der Waals surface area (Å²) in [5.74, 6) is 0. The van der Waals surface area contributed by atoms with Crippen molar-refractivity contribution >= 4 is 202 Å². The molecule has 0 heterocycles. The molecule has 0 radical (unpaired) electrons. The predicted molar refractivity (Wildman–Crippen MR) is 209 cm³/mol. The molecule has 0 aromatic carbocycles. The van der Waals surface area contributed by atoms with Crippen molar-refractivity contribution in [2.75, 3.05) is 0 Å². The standard InChI is InChI=1S/Na.10H2O3S2.H/c;10*1-5(2,3)4;/h;10*(H2,1,2,3,4);/q+1;;;;;;;;;;;-1. The number of hydrogen-bond acceptors (Lipinski definition) is 20. The van der Waals surface area contributed by atoms with E-state index in [-0.39, 0.29) is 31.0 Å². The fourth-order valence-electron chi connectivity index (χ4n) is 0. The van der Waals surface area contributed by atoms with Crippen molar-refractivity contribution in [3.8, 4) is 0 Å². The summed E-state index contributed by atoms with van der Waals surface area (Å²) in [6, 6.07) is 0. The summed E-state index contributed by atoms with van der Waals surface area (Å²) in [6.45, 7) is 0. The van der Waals surface area contributed by atoms with Gasteiger partial charge in [0.25, 0.3) is 90.5 Å². The van der Waals surface area contributed by atoms with E-state index in [1.165, 1.54) is 0 Å². The summed E-state index contributed by atoms with van der Waals surface area (Å²) in [4.78, 5) is 0. The van der Waals surface area contributed by atoms with Crippen molar-refractivity contribution in [1.82, 2.24) is 0 Å². The molecule has 322 valence electrons. The summed E-state index contributed by atoms with van der Waals surface area (Å²) in [6.07, 6.45) is 0. The fraction of sp³-hybridized carbons (Fsp3) is 0. The van der Waals surface area contributed by atoms with Crippen molar-refractivity contribution < 1.29 is 164 Å². The first-order valence-corrected chi connectivity index (χ1v) is 31.0. The van der Waals surface area contributed by atoms with Crippen LogP contribution in [-0.2, 0) is 202 Å². The van der Waals surface area contributed by atoms with E-state index in [1.54, 1.807) is 0 Å². The van der Waals surface area contributed by atoms with Crippen LogP contribution < -0.4 is 29.6 Å². The van der Waals surface area contributed by atoms with Gasteiger partial charge in [0.2, 0.25) is 0 Å². The average molecular weight is 1170 g/mol. The molecule has 0 saturated heterocycles. The van der Waals surface area contributed by atoms with E-state index >= 15 is 0 Å². The Bertz CT molecular complexity index is 1390. The summed E-state index contributed by atoms with van der Waals surface area (Å²) in [5, 5.41) is 0. The number of hydrogen-bond donors (Lipinski definition) is 20. The zero-order chi connectivity index (χ0) is 45.0. The van der Waals surface area contributed by atoms with E-state index in [4.69, 9.17) is 133 Å². The van der Waals surface area contributed by atoms with Crippen molar-refractivity contribution in [2.45, 2.75) is 0 Å². The van der Waals surface area contributed by atoms with Crippen molar-refractivity contribution in [3.63, 3.8) is 0 Å². The Hall–Kier alpha value is 3.90. The molecular weight excluding hydrogens is 1140 g/mol. The summed E-state index contributed by atoms with van der Waals surface area (Å²) in [7, 11) is -38.3. The van der Waals surface area contributed by atoms with Crippen LogP contribution in [0, 0.1) is 0 Å². The average Bonchev–Trinajstić information content (AvgIpc) is 2.34. The van der Waals surface area contributed by atoms with Gasteiger partial charge in [-0.05, 0) is 0 Å². The summed E-state index contributed by atoms with van der Waals surface area (Å²) in [5.41, 5.74) is 0. The third-order valence-electron chi connectivity index (χ3n) is 0. The van der Waals surface area contributed by atoms with Crippen LogP contribution in [0.5, 0.6) is 0 Å². The molecule has 0 aliphatic heterocycles. The van der Waals surface area contributed by atoms with Crippen molar-refractivity contribution in [2.24, 2.45) is 0 Å². The molecule has 51 heteroatoms. The SMILES string of the molecule is O=S(O)(O)=S.O=S(O)(O)=S.O=S(O)(O)=S.O=S(O)(O)=S.O=S(O)(O)=S.O=S(O)(O)=S.O=S(O)(O)=S.O=S(O)(O)=S.O=S(O)(O)=S.O=S(O)(O)=S.[H-].[Na+]. The van der Waals surface area contributed by atoms with Gasteiger partial charge in [0, 0.05) is 112 Å². The van der Waals surface area contributed by atoms with Crippen LogP contribution in [-0.4, -0.2) is 133 Å². The van der Waals surface area contributed by atoms with Gasteiger partial charge < -0.3 is 1.43 Å². The van der Waals surface area contributed by atoms with Crippen molar-refractivity contribution in [3.05, 3.63) is 0 Å². The molecule has 0 aliphatic rings. The first-order chi connectivity index (χ1) is 20.0. The van der Waals surface area contributed by atoms with Gasteiger partial charge >= 0.3 is 29.6 Å². The smallest absolute Gasteiger partial charge is 1.00 e. The van der Waals surface area contributed by atoms with Crippen LogP contribution in [0.4, 0.5) is 0 Å². The maximum atomic E-state index is 9.11. The molecule has 0 saturated carbocycles. The Kier molecular flexibility index (Phi) is 59.9. The molecular formula is H21NaO30S20. The van der Waals surface area contributed by atoms with E-state index < -0.39 is 90.5 Å². The summed E-state index contributed by atoms with van der Waals surface area (Å²) < 4.78 is 240. The minimum atomic E-state index is -3.83. The van der Waals surface area contributed by atoms with E-state index in [2.05, 4.69) is 112 Å². The molecule has 0 fully saturated rings. The number of rotatable bonds is 0. The molecule has 0 aliphatic carbocycles. The van der Waals surface area contributed by atoms with E-state index in [9.17, 15) is 0 Å². The van der Waals surface area contributed by atoms with Crippen LogP contribution in [0.15, 0.2) is 0 Å². The monoisotopic (exact) mass is 1160 g/mol. The molecule has 51 heavy (non-hydrogen) atoms. The summed E-state index contributed by atoms with van der Waals surface area (Å²) >= 11 is 34.7. The van der Waals surface area contributed by atoms with Crippen LogP contribution in [0.2, 0.25) is 0 Å². The van der Waals surface area contributed by atoms with Gasteiger partial charge in [0.15, 0.2) is 0 Å². The Morgan fingerprint density at radius 3 is 0.196 bits per heavy atom. The quantitative estimate of drug-likeness (QED) is 0.100. The Labute approximate surface area is 361 Å². The molecule has 0 unspecified atom stereocenters. The van der Waals surface area contributed by atoms with Gasteiger partial charge in [-0.15, -0.1) is 0 Å². The Morgan fingerprint density at radius 1 is 0.196 bits per heavy atom. The van der Waals surface area contributed by atoms with Gasteiger partial charge in [-0.3, -0.25) is 91.1 Å². The molecule has 0 aromatic heterocycles. The van der Waals surface area contributed by atoms with Gasteiger partial charge in [-0.1, -0.05) is 0 Å². The van der Waals surface area contributed by atoms with Crippen LogP contribution in [0.1, 0.15) is 1.43 Å². The van der Waals surface area contributed by atoms with Gasteiger partial charge in [-0.2, -0.15) is 42.1 Å². The first kappa shape index (κ1) is 82.8. The molecule has 0 amide bonds. The maximum Gasteiger partial charge on any atom is 1.00 e. The minimum absolute atomic E-state index is 0. The van der Waals surface area contributed by atoms with Crippen LogP contribution >= 0.6 is 0 Å². The van der Waals surface area contributed by atoms with Gasteiger partial charge in [0.1, 0.15) is 0 Å². The first-order valence-electron chi connectivity index (χ1n) is 6.98. The molecule has 0 spiro atoms. The fourth-order valence-corrected chi connectivity index (χ4v) is 0. The van der Waals surface area contributed by atoms with Crippen LogP contribution in [0.25, 0.3) is 0 Å². The second kappa shape index (κ2) is 36.9. The molecule has 0 atom stereocenters. The Morgan fingerprint density at radius 2 is 0.196 bits per heavy atom. The zero-order valence-corrected chi connectivity index (χ0v) is 40.5. The molecule has 0 bridgehead atoms. The second-order valence-electron chi connectivity index (χ2n) is 4.48. The van der Waals surface area contributed by atoms with E-state index in [0.29, 0.717) is 0 Å². The van der Waals surface area contributed by atoms with Crippen molar-refractivity contribution in [1.29, 1.82) is 0 Å². The minimum Gasteiger partial charge on any atom is -1.00 e. The molecule has 30 nitrogen and oxygen atoms in total. The third kappa shape index (κ3) is 9550.